The maximum absolute atomic E-state index is 10.1. The van der Waals surface area contributed by atoms with Crippen LogP contribution in [0.3, 0.4) is 0 Å². The first kappa shape index (κ1) is 24.2. The van der Waals surface area contributed by atoms with Crippen LogP contribution in [0.25, 0.3) is 0 Å². The highest BCUT2D eigenvalue weighted by Gasteiger charge is 2.48. The van der Waals surface area contributed by atoms with Gasteiger partial charge in [0, 0.05) is 44.4 Å². The highest BCUT2D eigenvalue weighted by Crippen LogP contribution is 2.45. The number of nitrogens with zero attached hydrogens (tertiary/aromatic N) is 5. The lowest BCUT2D eigenvalue weighted by Crippen LogP contribution is -2.51. The summed E-state index contributed by atoms with van der Waals surface area (Å²) in [5.74, 6) is 2.38. The van der Waals surface area contributed by atoms with Gasteiger partial charge in [0.1, 0.15) is 17.3 Å². The molecule has 2 aromatic rings. The SMILES string of the molecule is COC1C[C@H]2COc3c(Sc4cnc(N5CCC6(CC5)CO[C@@H](C)[C@H]6N)c(CO)n4)ccnc3N2C1. The van der Waals surface area contributed by atoms with Gasteiger partial charge in [-0.15, -0.1) is 0 Å². The quantitative estimate of drug-likeness (QED) is 0.608. The van der Waals surface area contributed by atoms with Crippen LogP contribution < -0.4 is 20.3 Å². The van der Waals surface area contributed by atoms with E-state index in [1.54, 1.807) is 13.3 Å². The molecule has 1 spiro atoms. The van der Waals surface area contributed by atoms with Gasteiger partial charge in [-0.25, -0.2) is 15.0 Å². The fraction of sp³-hybridized carbons (Fsp3) is 0.640. The Bertz CT molecular complexity index is 1110. The van der Waals surface area contributed by atoms with Crippen LogP contribution >= 0.6 is 11.8 Å². The molecule has 0 bridgehead atoms. The average molecular weight is 515 g/mol. The minimum absolute atomic E-state index is 0.0383. The number of aliphatic hydroxyl groups excluding tert-OH is 1. The van der Waals surface area contributed by atoms with Crippen LogP contribution in [0.1, 0.15) is 31.9 Å². The summed E-state index contributed by atoms with van der Waals surface area (Å²) in [6.45, 7) is 5.68. The molecule has 3 N–H and O–H groups in total. The van der Waals surface area contributed by atoms with Crippen LogP contribution in [-0.4, -0.2) is 84.3 Å². The van der Waals surface area contributed by atoms with Crippen molar-refractivity contribution in [1.82, 2.24) is 15.0 Å². The van der Waals surface area contributed by atoms with Gasteiger partial charge in [0.25, 0.3) is 0 Å². The number of hydrogen-bond acceptors (Lipinski definition) is 11. The number of fused-ring (bicyclic) bond motifs is 3. The predicted molar refractivity (Wildman–Crippen MR) is 136 cm³/mol. The Labute approximate surface area is 215 Å². The molecule has 4 atom stereocenters. The Balaban J connectivity index is 1.19. The van der Waals surface area contributed by atoms with Gasteiger partial charge in [0.15, 0.2) is 17.4 Å². The second-order valence-corrected chi connectivity index (χ2v) is 11.4. The van der Waals surface area contributed by atoms with Gasteiger partial charge in [0.05, 0.1) is 42.6 Å². The molecule has 0 radical (unpaired) electrons. The summed E-state index contributed by atoms with van der Waals surface area (Å²) in [5.41, 5.74) is 7.10. The monoisotopic (exact) mass is 514 g/mol. The molecule has 2 aromatic heterocycles. The zero-order valence-electron chi connectivity index (χ0n) is 20.8. The van der Waals surface area contributed by atoms with Crippen LogP contribution in [0, 0.1) is 5.41 Å². The van der Waals surface area contributed by atoms with E-state index in [9.17, 15) is 5.11 Å². The van der Waals surface area contributed by atoms with Crippen molar-refractivity contribution < 1.29 is 19.3 Å². The third kappa shape index (κ3) is 4.10. The lowest BCUT2D eigenvalue weighted by Gasteiger charge is -2.41. The van der Waals surface area contributed by atoms with E-state index in [0.717, 1.165) is 67.8 Å². The molecule has 10 nitrogen and oxygen atoms in total. The molecule has 0 amide bonds. The summed E-state index contributed by atoms with van der Waals surface area (Å²) in [6, 6.07) is 2.29. The van der Waals surface area contributed by atoms with E-state index in [4.69, 9.17) is 29.9 Å². The van der Waals surface area contributed by atoms with Crippen molar-refractivity contribution in [3.63, 3.8) is 0 Å². The largest absolute Gasteiger partial charge is 0.486 e. The van der Waals surface area contributed by atoms with Crippen molar-refractivity contribution in [2.45, 2.75) is 67.0 Å². The van der Waals surface area contributed by atoms with Gasteiger partial charge in [-0.2, -0.15) is 0 Å². The number of pyridine rings is 1. The topological polar surface area (TPSA) is 119 Å². The first-order valence-corrected chi connectivity index (χ1v) is 13.5. The van der Waals surface area contributed by atoms with E-state index >= 15 is 0 Å². The first-order chi connectivity index (χ1) is 17.5. The molecule has 6 rings (SSSR count). The number of piperidine rings is 1. The molecule has 3 fully saturated rings. The molecule has 11 heteroatoms. The summed E-state index contributed by atoms with van der Waals surface area (Å²) in [6.07, 6.45) is 6.72. The van der Waals surface area contributed by atoms with Crippen molar-refractivity contribution in [2.24, 2.45) is 11.1 Å². The van der Waals surface area contributed by atoms with Crippen molar-refractivity contribution in [2.75, 3.05) is 49.8 Å². The van der Waals surface area contributed by atoms with Crippen LogP contribution in [0.15, 0.2) is 28.4 Å². The van der Waals surface area contributed by atoms with E-state index in [-0.39, 0.29) is 36.3 Å². The summed E-state index contributed by atoms with van der Waals surface area (Å²) in [7, 11) is 1.76. The number of aromatic nitrogens is 3. The van der Waals surface area contributed by atoms with Gasteiger partial charge >= 0.3 is 0 Å². The van der Waals surface area contributed by atoms with Crippen molar-refractivity contribution >= 4 is 23.4 Å². The minimum atomic E-state index is -0.170. The predicted octanol–water partition coefficient (Wildman–Crippen LogP) is 1.83. The van der Waals surface area contributed by atoms with E-state index < -0.39 is 0 Å². The fourth-order valence-electron chi connectivity index (χ4n) is 6.05. The van der Waals surface area contributed by atoms with E-state index in [2.05, 4.69) is 21.7 Å². The number of ether oxygens (including phenoxy) is 3. The minimum Gasteiger partial charge on any atom is -0.486 e. The average Bonchev–Trinajstić information content (AvgIpc) is 3.46. The third-order valence-electron chi connectivity index (χ3n) is 8.32. The van der Waals surface area contributed by atoms with Crippen LogP contribution in [0.2, 0.25) is 0 Å². The van der Waals surface area contributed by atoms with Crippen molar-refractivity contribution in [1.29, 1.82) is 0 Å². The van der Waals surface area contributed by atoms with Crippen LogP contribution in [0.4, 0.5) is 11.6 Å². The number of anilines is 2. The van der Waals surface area contributed by atoms with E-state index in [1.165, 1.54) is 11.8 Å². The second kappa shape index (κ2) is 9.60. The first-order valence-electron chi connectivity index (χ1n) is 12.7. The lowest BCUT2D eigenvalue weighted by atomic mass is 9.73. The molecule has 0 aromatic carbocycles. The molecule has 6 heterocycles. The number of aliphatic hydroxyl groups is 1. The summed E-state index contributed by atoms with van der Waals surface area (Å²) < 4.78 is 17.6. The Morgan fingerprint density at radius 1 is 1.28 bits per heavy atom. The molecule has 194 valence electrons. The molecular weight excluding hydrogens is 480 g/mol. The van der Waals surface area contributed by atoms with E-state index in [0.29, 0.717) is 17.3 Å². The van der Waals surface area contributed by atoms with Gasteiger partial charge in [-0.3, -0.25) is 0 Å². The van der Waals surface area contributed by atoms with E-state index in [1.807, 2.05) is 12.3 Å². The van der Waals surface area contributed by atoms with Crippen molar-refractivity contribution in [3.05, 3.63) is 24.2 Å². The molecule has 0 aliphatic carbocycles. The van der Waals surface area contributed by atoms with Crippen LogP contribution in [0.5, 0.6) is 5.75 Å². The maximum Gasteiger partial charge on any atom is 0.175 e. The summed E-state index contributed by atoms with van der Waals surface area (Å²) >= 11 is 1.48. The fourth-order valence-corrected chi connectivity index (χ4v) is 6.91. The molecule has 4 aliphatic heterocycles. The normalized spacial score (nSPS) is 28.8. The van der Waals surface area contributed by atoms with Crippen LogP contribution in [-0.2, 0) is 16.1 Å². The van der Waals surface area contributed by atoms with Gasteiger partial charge in [-0.05, 0) is 32.3 Å². The number of nitrogens with two attached hydrogens (primary N) is 1. The molecule has 4 aliphatic rings. The molecular formula is C25H34N6O4S. The highest BCUT2D eigenvalue weighted by molar-refractivity contribution is 7.99. The zero-order valence-corrected chi connectivity index (χ0v) is 21.6. The van der Waals surface area contributed by atoms with Crippen molar-refractivity contribution in [3.8, 4) is 5.75 Å². The van der Waals surface area contributed by atoms with Gasteiger partial charge in [-0.1, -0.05) is 11.8 Å². The molecule has 3 saturated heterocycles. The second-order valence-electron chi connectivity index (χ2n) is 10.3. The Kier molecular flexibility index (Phi) is 6.45. The molecule has 1 unspecified atom stereocenters. The zero-order chi connectivity index (χ0) is 24.9. The van der Waals surface area contributed by atoms with Gasteiger partial charge in [0.2, 0.25) is 0 Å². The highest BCUT2D eigenvalue weighted by atomic mass is 32.2. The number of hydrogen-bond donors (Lipinski definition) is 2. The smallest absolute Gasteiger partial charge is 0.175 e. The molecule has 0 saturated carbocycles. The number of rotatable bonds is 5. The summed E-state index contributed by atoms with van der Waals surface area (Å²) in [4.78, 5) is 19.6. The lowest BCUT2D eigenvalue weighted by molar-refractivity contribution is 0.0973. The Morgan fingerprint density at radius 3 is 2.83 bits per heavy atom. The maximum atomic E-state index is 10.1. The number of methoxy groups -OCH3 is 1. The third-order valence-corrected chi connectivity index (χ3v) is 9.27. The standard InChI is InChI=1S/C25H34N6O4S/c1-15-22(26)25(14-35-15)4-7-30(8-5-25)23-18(12-32)29-20(10-28-23)36-19-3-6-27-24-21(19)34-13-16-9-17(33-2)11-31(16)24/h3,6,10,15-17,22,32H,4-5,7-9,11-14,26H2,1-2H3/t15-,16-,17?,22+/m0/s1. The Hall–Kier alpha value is -2.18. The Morgan fingerprint density at radius 2 is 2.11 bits per heavy atom. The summed E-state index contributed by atoms with van der Waals surface area (Å²) in [5, 5.41) is 10.8. The molecule has 36 heavy (non-hydrogen) atoms. The van der Waals surface area contributed by atoms with Gasteiger partial charge < -0.3 is 34.9 Å².